The van der Waals surface area contributed by atoms with Gasteiger partial charge in [-0.3, -0.25) is 0 Å². The zero-order valence-electron chi connectivity index (χ0n) is 10.3. The summed E-state index contributed by atoms with van der Waals surface area (Å²) in [5, 5.41) is 12.4. The second-order valence-corrected chi connectivity index (χ2v) is 4.92. The van der Waals surface area contributed by atoms with Crippen LogP contribution in [0.5, 0.6) is 0 Å². The first-order chi connectivity index (χ1) is 7.10. The van der Waals surface area contributed by atoms with Gasteiger partial charge in [-0.1, -0.05) is 37.6 Å². The molecule has 0 bridgehead atoms. The maximum absolute atomic E-state index is 8.98. The standard InChI is InChI=1S/C13H23NO/c1-5-13(14-15)12-8-11(9(2)3)7-6-10(12)4/h6,9,11-12,15H,5,7-8H2,1-4H3/b14-13-/t11-,12-/m1/s1. The molecule has 1 N–H and O–H groups in total. The molecule has 2 heteroatoms. The van der Waals surface area contributed by atoms with E-state index in [1.807, 2.05) is 0 Å². The van der Waals surface area contributed by atoms with E-state index in [2.05, 4.69) is 38.9 Å². The molecule has 0 aliphatic heterocycles. The van der Waals surface area contributed by atoms with Crippen molar-refractivity contribution < 1.29 is 5.21 Å². The van der Waals surface area contributed by atoms with Crippen LogP contribution in [-0.2, 0) is 0 Å². The van der Waals surface area contributed by atoms with Crippen LogP contribution >= 0.6 is 0 Å². The lowest BCUT2D eigenvalue weighted by molar-refractivity contribution is 0.300. The molecule has 0 unspecified atom stereocenters. The largest absolute Gasteiger partial charge is 0.411 e. The fourth-order valence-electron chi connectivity index (χ4n) is 2.39. The molecule has 86 valence electrons. The SMILES string of the molecule is CC/C(=N/O)[C@@H]1C[C@H](C(C)C)CC=C1C. The fraction of sp³-hybridized carbons (Fsp3) is 0.769. The molecule has 0 spiro atoms. The lowest BCUT2D eigenvalue weighted by Gasteiger charge is -2.31. The van der Waals surface area contributed by atoms with E-state index in [1.165, 1.54) is 12.0 Å². The summed E-state index contributed by atoms with van der Waals surface area (Å²) in [6, 6.07) is 0. The molecule has 0 saturated heterocycles. The van der Waals surface area contributed by atoms with E-state index in [-0.39, 0.29) is 0 Å². The van der Waals surface area contributed by atoms with Crippen molar-refractivity contribution in [2.45, 2.75) is 47.0 Å². The van der Waals surface area contributed by atoms with Gasteiger partial charge < -0.3 is 5.21 Å². The third-order valence-electron chi connectivity index (χ3n) is 3.67. The highest BCUT2D eigenvalue weighted by atomic mass is 16.4. The van der Waals surface area contributed by atoms with Crippen LogP contribution in [0, 0.1) is 17.8 Å². The predicted molar refractivity (Wildman–Crippen MR) is 64.3 cm³/mol. The van der Waals surface area contributed by atoms with E-state index in [0.29, 0.717) is 11.8 Å². The number of rotatable bonds is 3. The predicted octanol–water partition coefficient (Wildman–Crippen LogP) is 3.86. The lowest BCUT2D eigenvalue weighted by atomic mass is 9.74. The van der Waals surface area contributed by atoms with E-state index >= 15 is 0 Å². The van der Waals surface area contributed by atoms with Crippen molar-refractivity contribution in [3.8, 4) is 0 Å². The zero-order chi connectivity index (χ0) is 11.4. The zero-order valence-corrected chi connectivity index (χ0v) is 10.3. The van der Waals surface area contributed by atoms with E-state index in [4.69, 9.17) is 5.21 Å². The third-order valence-corrected chi connectivity index (χ3v) is 3.67. The van der Waals surface area contributed by atoms with Crippen molar-refractivity contribution in [3.63, 3.8) is 0 Å². The molecule has 0 fully saturated rings. The van der Waals surface area contributed by atoms with Crippen molar-refractivity contribution in [2.24, 2.45) is 22.9 Å². The molecule has 0 saturated carbocycles. The van der Waals surface area contributed by atoms with Crippen molar-refractivity contribution in [2.75, 3.05) is 0 Å². The first-order valence-corrected chi connectivity index (χ1v) is 5.97. The van der Waals surface area contributed by atoms with E-state index in [9.17, 15) is 0 Å². The van der Waals surface area contributed by atoms with Gasteiger partial charge in [-0.15, -0.1) is 0 Å². The quantitative estimate of drug-likeness (QED) is 0.325. The van der Waals surface area contributed by atoms with Crippen LogP contribution < -0.4 is 0 Å². The summed E-state index contributed by atoms with van der Waals surface area (Å²) in [5.74, 6) is 1.83. The summed E-state index contributed by atoms with van der Waals surface area (Å²) in [7, 11) is 0. The summed E-state index contributed by atoms with van der Waals surface area (Å²) < 4.78 is 0. The average Bonchev–Trinajstić information content (AvgIpc) is 2.22. The van der Waals surface area contributed by atoms with Crippen LogP contribution in [0.2, 0.25) is 0 Å². The number of hydrogen-bond acceptors (Lipinski definition) is 2. The second kappa shape index (κ2) is 5.34. The molecule has 2 nitrogen and oxygen atoms in total. The number of oxime groups is 1. The molecule has 0 radical (unpaired) electrons. The minimum absolute atomic E-state index is 0.376. The lowest BCUT2D eigenvalue weighted by Crippen LogP contribution is -2.25. The van der Waals surface area contributed by atoms with Gasteiger partial charge in [0.05, 0.1) is 5.71 Å². The molecular formula is C13H23NO. The molecule has 1 rings (SSSR count). The Kier molecular flexibility index (Phi) is 4.37. The number of hydrogen-bond donors (Lipinski definition) is 1. The highest BCUT2D eigenvalue weighted by Crippen LogP contribution is 2.34. The molecule has 15 heavy (non-hydrogen) atoms. The van der Waals surface area contributed by atoms with E-state index < -0.39 is 0 Å². The van der Waals surface area contributed by atoms with Crippen molar-refractivity contribution in [1.82, 2.24) is 0 Å². The Bertz CT molecular complexity index is 266. The summed E-state index contributed by atoms with van der Waals surface area (Å²) in [6.07, 6.45) is 5.49. The highest BCUT2D eigenvalue weighted by molar-refractivity contribution is 5.88. The van der Waals surface area contributed by atoms with Gasteiger partial charge >= 0.3 is 0 Å². The van der Waals surface area contributed by atoms with E-state index in [1.54, 1.807) is 0 Å². The number of nitrogens with zero attached hydrogens (tertiary/aromatic N) is 1. The van der Waals surface area contributed by atoms with Crippen molar-refractivity contribution in [3.05, 3.63) is 11.6 Å². The van der Waals surface area contributed by atoms with Gasteiger partial charge in [0.2, 0.25) is 0 Å². The molecule has 0 aromatic carbocycles. The van der Waals surface area contributed by atoms with Crippen molar-refractivity contribution in [1.29, 1.82) is 0 Å². The molecule has 0 amide bonds. The summed E-state index contributed by atoms with van der Waals surface area (Å²) in [5.41, 5.74) is 2.32. The Morgan fingerprint density at radius 1 is 1.60 bits per heavy atom. The topological polar surface area (TPSA) is 32.6 Å². The molecule has 0 aromatic heterocycles. The van der Waals surface area contributed by atoms with Gasteiger partial charge in [-0.2, -0.15) is 0 Å². The Morgan fingerprint density at radius 3 is 2.73 bits per heavy atom. The maximum Gasteiger partial charge on any atom is 0.0639 e. The smallest absolute Gasteiger partial charge is 0.0639 e. The van der Waals surface area contributed by atoms with Crippen LogP contribution in [0.3, 0.4) is 0 Å². The molecule has 0 aromatic rings. The van der Waals surface area contributed by atoms with Crippen molar-refractivity contribution >= 4 is 5.71 Å². The minimum atomic E-state index is 0.376. The Balaban J connectivity index is 2.80. The molecule has 1 aliphatic rings. The monoisotopic (exact) mass is 209 g/mol. The Hall–Kier alpha value is -0.790. The summed E-state index contributed by atoms with van der Waals surface area (Å²) in [6.45, 7) is 8.76. The van der Waals surface area contributed by atoms with Crippen LogP contribution in [0.15, 0.2) is 16.8 Å². The normalized spacial score (nSPS) is 28.1. The minimum Gasteiger partial charge on any atom is -0.411 e. The fourth-order valence-corrected chi connectivity index (χ4v) is 2.39. The molecule has 0 heterocycles. The summed E-state index contributed by atoms with van der Waals surface area (Å²) >= 11 is 0. The first kappa shape index (κ1) is 12.3. The Morgan fingerprint density at radius 2 is 2.27 bits per heavy atom. The van der Waals surface area contributed by atoms with E-state index in [0.717, 1.165) is 24.5 Å². The third kappa shape index (κ3) is 2.83. The van der Waals surface area contributed by atoms with Gasteiger partial charge in [0, 0.05) is 5.92 Å². The van der Waals surface area contributed by atoms with Crippen LogP contribution in [0.25, 0.3) is 0 Å². The number of allylic oxidation sites excluding steroid dienone is 2. The van der Waals surface area contributed by atoms with Gasteiger partial charge in [-0.05, 0) is 38.0 Å². The van der Waals surface area contributed by atoms with Crippen LogP contribution in [0.4, 0.5) is 0 Å². The van der Waals surface area contributed by atoms with Gasteiger partial charge in [0.15, 0.2) is 0 Å². The Labute approximate surface area is 93.1 Å². The maximum atomic E-state index is 8.98. The summed E-state index contributed by atoms with van der Waals surface area (Å²) in [4.78, 5) is 0. The van der Waals surface area contributed by atoms with Gasteiger partial charge in [-0.25, -0.2) is 0 Å². The van der Waals surface area contributed by atoms with Crippen LogP contribution in [-0.4, -0.2) is 10.9 Å². The van der Waals surface area contributed by atoms with Crippen LogP contribution in [0.1, 0.15) is 47.0 Å². The van der Waals surface area contributed by atoms with Gasteiger partial charge in [0.1, 0.15) is 0 Å². The molecule has 1 aliphatic carbocycles. The van der Waals surface area contributed by atoms with Gasteiger partial charge in [0.25, 0.3) is 0 Å². The second-order valence-electron chi connectivity index (χ2n) is 4.92. The molecule has 2 atom stereocenters. The average molecular weight is 209 g/mol. The molecular weight excluding hydrogens is 186 g/mol. The first-order valence-electron chi connectivity index (χ1n) is 5.97. The highest BCUT2D eigenvalue weighted by Gasteiger charge is 2.27.